The van der Waals surface area contributed by atoms with E-state index in [1.807, 2.05) is 0 Å². The number of aromatic amines is 1. The molecule has 1 aromatic heterocycles. The molecule has 5 heteroatoms. The Morgan fingerprint density at radius 3 is 2.41 bits per heavy atom. The van der Waals surface area contributed by atoms with Gasteiger partial charge in [0.2, 0.25) is 0 Å². The van der Waals surface area contributed by atoms with Gasteiger partial charge in [0.05, 0.1) is 5.69 Å². The standard InChI is InChI=1S/C12H13N5/c1-7-4-8(2)12(9(3)5-7)10-6-11(15-14-10)16-17-13/h4-6H,1-3H3,(H,14,15). The zero-order valence-corrected chi connectivity index (χ0v) is 10.0. The molecule has 86 valence electrons. The van der Waals surface area contributed by atoms with Crippen molar-refractivity contribution in [2.24, 2.45) is 5.11 Å². The summed E-state index contributed by atoms with van der Waals surface area (Å²) in [7, 11) is 0. The number of hydrogen-bond acceptors (Lipinski definition) is 2. The van der Waals surface area contributed by atoms with Crippen LogP contribution in [0.3, 0.4) is 0 Å². The summed E-state index contributed by atoms with van der Waals surface area (Å²) in [5.41, 5.74) is 13.8. The second-order valence-electron chi connectivity index (χ2n) is 4.10. The van der Waals surface area contributed by atoms with Crippen LogP contribution in [0.25, 0.3) is 21.7 Å². The first kappa shape index (κ1) is 11.2. The monoisotopic (exact) mass is 227 g/mol. The van der Waals surface area contributed by atoms with Crippen molar-refractivity contribution in [3.05, 3.63) is 45.3 Å². The van der Waals surface area contributed by atoms with Crippen molar-refractivity contribution in [1.82, 2.24) is 10.2 Å². The predicted molar refractivity (Wildman–Crippen MR) is 67.0 cm³/mol. The Hall–Kier alpha value is -2.26. The number of hydrogen-bond donors (Lipinski definition) is 1. The highest BCUT2D eigenvalue weighted by Crippen LogP contribution is 2.28. The smallest absolute Gasteiger partial charge is 0.122 e. The summed E-state index contributed by atoms with van der Waals surface area (Å²) in [5, 5.41) is 10.4. The molecule has 5 nitrogen and oxygen atoms in total. The van der Waals surface area contributed by atoms with E-state index in [4.69, 9.17) is 5.53 Å². The molecule has 0 saturated heterocycles. The summed E-state index contributed by atoms with van der Waals surface area (Å²) >= 11 is 0. The first-order chi connectivity index (χ1) is 8.11. The van der Waals surface area contributed by atoms with Crippen LogP contribution >= 0.6 is 0 Å². The topological polar surface area (TPSA) is 77.4 Å². The molecule has 0 aliphatic rings. The Bertz CT molecular complexity index is 582. The normalized spacial score (nSPS) is 10.1. The van der Waals surface area contributed by atoms with Gasteiger partial charge in [-0.15, -0.1) is 0 Å². The lowest BCUT2D eigenvalue weighted by molar-refractivity contribution is 1.08. The molecule has 1 heterocycles. The molecule has 2 aromatic rings. The molecule has 0 saturated carbocycles. The lowest BCUT2D eigenvalue weighted by Gasteiger charge is -2.08. The fourth-order valence-corrected chi connectivity index (χ4v) is 2.12. The number of nitrogens with zero attached hydrogens (tertiary/aromatic N) is 4. The second kappa shape index (κ2) is 4.31. The van der Waals surface area contributed by atoms with E-state index in [9.17, 15) is 0 Å². The van der Waals surface area contributed by atoms with Gasteiger partial charge in [0.1, 0.15) is 5.82 Å². The van der Waals surface area contributed by atoms with E-state index in [-0.39, 0.29) is 0 Å². The van der Waals surface area contributed by atoms with Crippen LogP contribution in [-0.4, -0.2) is 10.2 Å². The zero-order valence-electron chi connectivity index (χ0n) is 10.0. The van der Waals surface area contributed by atoms with Crippen LogP contribution in [0.4, 0.5) is 5.82 Å². The maximum atomic E-state index is 8.36. The number of nitrogens with one attached hydrogen (secondary N) is 1. The number of azide groups is 1. The number of aromatic nitrogens is 2. The van der Waals surface area contributed by atoms with Gasteiger partial charge in [0.15, 0.2) is 0 Å². The summed E-state index contributed by atoms with van der Waals surface area (Å²) in [6, 6.07) is 5.99. The maximum Gasteiger partial charge on any atom is 0.122 e. The van der Waals surface area contributed by atoms with Gasteiger partial charge in [-0.25, -0.2) is 0 Å². The van der Waals surface area contributed by atoms with Gasteiger partial charge in [-0.3, -0.25) is 5.10 Å². The van der Waals surface area contributed by atoms with Crippen LogP contribution in [-0.2, 0) is 0 Å². The summed E-state index contributed by atoms with van der Waals surface area (Å²) < 4.78 is 0. The molecule has 0 amide bonds. The van der Waals surface area contributed by atoms with Crippen molar-refractivity contribution in [3.8, 4) is 11.3 Å². The van der Waals surface area contributed by atoms with E-state index in [1.54, 1.807) is 6.07 Å². The van der Waals surface area contributed by atoms with Gasteiger partial charge in [-0.05, 0) is 48.6 Å². The third-order valence-corrected chi connectivity index (χ3v) is 2.65. The largest absolute Gasteiger partial charge is 0.275 e. The highest BCUT2D eigenvalue weighted by Gasteiger charge is 2.09. The van der Waals surface area contributed by atoms with Gasteiger partial charge in [-0.2, -0.15) is 5.10 Å². The lowest BCUT2D eigenvalue weighted by atomic mass is 9.97. The predicted octanol–water partition coefficient (Wildman–Crippen LogP) is 3.94. The maximum absolute atomic E-state index is 8.36. The van der Waals surface area contributed by atoms with Crippen molar-refractivity contribution in [1.29, 1.82) is 0 Å². The summed E-state index contributed by atoms with van der Waals surface area (Å²) in [4.78, 5) is 2.73. The van der Waals surface area contributed by atoms with E-state index in [0.29, 0.717) is 5.82 Å². The van der Waals surface area contributed by atoms with Gasteiger partial charge in [-0.1, -0.05) is 17.7 Å². The molecule has 0 radical (unpaired) electrons. The number of rotatable bonds is 2. The second-order valence-corrected chi connectivity index (χ2v) is 4.10. The molecule has 17 heavy (non-hydrogen) atoms. The third-order valence-electron chi connectivity index (χ3n) is 2.65. The van der Waals surface area contributed by atoms with Crippen LogP contribution in [0.2, 0.25) is 0 Å². The average molecular weight is 227 g/mol. The summed E-state index contributed by atoms with van der Waals surface area (Å²) in [6.07, 6.45) is 0. The van der Waals surface area contributed by atoms with Crippen molar-refractivity contribution in [2.75, 3.05) is 0 Å². The van der Waals surface area contributed by atoms with Gasteiger partial charge in [0.25, 0.3) is 0 Å². The van der Waals surface area contributed by atoms with E-state index in [2.05, 4.69) is 53.1 Å². The van der Waals surface area contributed by atoms with E-state index < -0.39 is 0 Å². The van der Waals surface area contributed by atoms with Crippen LogP contribution in [0.1, 0.15) is 16.7 Å². The highest BCUT2D eigenvalue weighted by molar-refractivity contribution is 5.69. The Kier molecular flexibility index (Phi) is 2.85. The highest BCUT2D eigenvalue weighted by atomic mass is 15.2. The molecular weight excluding hydrogens is 214 g/mol. The zero-order chi connectivity index (χ0) is 12.4. The van der Waals surface area contributed by atoms with Crippen molar-refractivity contribution >= 4 is 5.82 Å². The molecule has 1 aromatic carbocycles. The van der Waals surface area contributed by atoms with E-state index in [0.717, 1.165) is 11.3 Å². The number of aryl methyl sites for hydroxylation is 3. The molecule has 0 aliphatic heterocycles. The molecule has 2 rings (SSSR count). The fourth-order valence-electron chi connectivity index (χ4n) is 2.12. The molecule has 1 N–H and O–H groups in total. The van der Waals surface area contributed by atoms with Gasteiger partial charge < -0.3 is 0 Å². The van der Waals surface area contributed by atoms with Crippen LogP contribution in [0.5, 0.6) is 0 Å². The minimum absolute atomic E-state index is 0.432. The summed E-state index contributed by atoms with van der Waals surface area (Å²) in [5.74, 6) is 0.432. The van der Waals surface area contributed by atoms with Crippen LogP contribution < -0.4 is 0 Å². The SMILES string of the molecule is Cc1cc(C)c(-c2cc(N=[N+]=[N-])[nH]n2)c(C)c1. The summed E-state index contributed by atoms with van der Waals surface area (Å²) in [6.45, 7) is 6.17. The lowest BCUT2D eigenvalue weighted by Crippen LogP contribution is -1.90. The molecular formula is C12H13N5. The molecule has 0 unspecified atom stereocenters. The number of H-pyrrole nitrogens is 1. The minimum Gasteiger partial charge on any atom is -0.275 e. The Morgan fingerprint density at radius 1 is 1.18 bits per heavy atom. The average Bonchev–Trinajstić information content (AvgIpc) is 2.65. The van der Waals surface area contributed by atoms with Crippen LogP contribution in [0.15, 0.2) is 23.3 Å². The van der Waals surface area contributed by atoms with E-state index >= 15 is 0 Å². The van der Waals surface area contributed by atoms with Crippen molar-refractivity contribution in [3.63, 3.8) is 0 Å². The Balaban J connectivity index is 2.56. The molecule has 0 spiro atoms. The molecule has 0 atom stereocenters. The first-order valence-electron chi connectivity index (χ1n) is 5.30. The molecule has 0 fully saturated rings. The van der Waals surface area contributed by atoms with Crippen molar-refractivity contribution < 1.29 is 0 Å². The van der Waals surface area contributed by atoms with Crippen LogP contribution in [0, 0.1) is 20.8 Å². The van der Waals surface area contributed by atoms with Gasteiger partial charge in [0, 0.05) is 10.5 Å². The third kappa shape index (κ3) is 2.14. The Morgan fingerprint density at radius 2 is 1.82 bits per heavy atom. The number of benzene rings is 1. The Labute approximate surface area is 99.1 Å². The molecule has 0 bridgehead atoms. The minimum atomic E-state index is 0.432. The van der Waals surface area contributed by atoms with E-state index in [1.165, 1.54) is 16.7 Å². The quantitative estimate of drug-likeness (QED) is 0.470. The van der Waals surface area contributed by atoms with Gasteiger partial charge >= 0.3 is 0 Å². The fraction of sp³-hybridized carbons (Fsp3) is 0.250. The van der Waals surface area contributed by atoms with Crippen molar-refractivity contribution in [2.45, 2.75) is 20.8 Å². The molecule has 0 aliphatic carbocycles. The first-order valence-corrected chi connectivity index (χ1v) is 5.30.